The van der Waals surface area contributed by atoms with Gasteiger partial charge in [0, 0.05) is 15.4 Å². The average Bonchev–Trinajstić information content (AvgIpc) is 2.06. The third kappa shape index (κ3) is 2.65. The molecule has 0 aliphatic rings. The second-order valence-corrected chi connectivity index (χ2v) is 5.87. The fourth-order valence-corrected chi connectivity index (χ4v) is 2.53. The van der Waals surface area contributed by atoms with E-state index >= 15 is 0 Å². The number of halogens is 3. The smallest absolute Gasteiger partial charge is 0.0489 e. The zero-order valence-electron chi connectivity index (χ0n) is 8.50. The Morgan fingerprint density at radius 3 is 2.29 bits per heavy atom. The molecule has 0 saturated heterocycles. The highest BCUT2D eigenvalue weighted by Crippen LogP contribution is 2.35. The van der Waals surface area contributed by atoms with E-state index in [4.69, 9.17) is 23.2 Å². The van der Waals surface area contributed by atoms with Crippen molar-refractivity contribution in [2.45, 2.75) is 32.1 Å². The highest BCUT2D eigenvalue weighted by molar-refractivity contribution is 9.10. The Hall–Kier alpha value is 0.280. The van der Waals surface area contributed by atoms with Crippen molar-refractivity contribution in [3.63, 3.8) is 0 Å². The van der Waals surface area contributed by atoms with Crippen LogP contribution in [0.1, 0.15) is 31.9 Å². The van der Waals surface area contributed by atoms with Gasteiger partial charge in [0.05, 0.1) is 0 Å². The summed E-state index contributed by atoms with van der Waals surface area (Å²) in [6.45, 7) is 6.41. The van der Waals surface area contributed by atoms with Crippen molar-refractivity contribution >= 4 is 39.1 Å². The molecule has 0 N–H and O–H groups in total. The summed E-state index contributed by atoms with van der Waals surface area (Å²) in [4.78, 5) is 0. The maximum absolute atomic E-state index is 6.26. The van der Waals surface area contributed by atoms with Crippen molar-refractivity contribution in [2.75, 3.05) is 0 Å². The van der Waals surface area contributed by atoms with E-state index in [-0.39, 0.29) is 5.41 Å². The van der Waals surface area contributed by atoms with Crippen LogP contribution >= 0.6 is 39.1 Å². The molecule has 0 amide bonds. The van der Waals surface area contributed by atoms with Crippen molar-refractivity contribution in [2.24, 2.45) is 0 Å². The molecule has 0 unspecified atom stereocenters. The normalized spacial score (nSPS) is 11.9. The molecule has 0 aliphatic heterocycles. The predicted octanol–water partition coefficient (Wildman–Crippen LogP) is 5.14. The molecule has 3 heteroatoms. The number of hydrogen-bond acceptors (Lipinski definition) is 0. The first kappa shape index (κ1) is 12.4. The third-order valence-corrected chi connectivity index (χ3v) is 3.26. The van der Waals surface area contributed by atoms with E-state index in [1.54, 1.807) is 0 Å². The van der Waals surface area contributed by atoms with Crippen molar-refractivity contribution in [1.29, 1.82) is 0 Å². The average molecular weight is 296 g/mol. The van der Waals surface area contributed by atoms with Crippen LogP contribution in [0.4, 0.5) is 0 Å². The standard InChI is InChI=1S/C11H13BrCl2/c1-11(2,3)9-5-8(12)4-7(6-13)10(9)14/h4-5H,6H2,1-3H3. The van der Waals surface area contributed by atoms with Crippen LogP contribution in [0.25, 0.3) is 0 Å². The molecule has 1 aromatic carbocycles. The highest BCUT2D eigenvalue weighted by atomic mass is 79.9. The largest absolute Gasteiger partial charge is 0.121 e. The Bertz CT molecular complexity index is 340. The van der Waals surface area contributed by atoms with Gasteiger partial charge in [0.25, 0.3) is 0 Å². The van der Waals surface area contributed by atoms with Gasteiger partial charge in [-0.2, -0.15) is 0 Å². The lowest BCUT2D eigenvalue weighted by molar-refractivity contribution is 0.589. The fourth-order valence-electron chi connectivity index (χ4n) is 1.29. The summed E-state index contributed by atoms with van der Waals surface area (Å²) in [5.41, 5.74) is 2.15. The van der Waals surface area contributed by atoms with E-state index in [0.29, 0.717) is 5.88 Å². The molecule has 0 heterocycles. The maximum atomic E-state index is 6.26. The van der Waals surface area contributed by atoms with Crippen molar-refractivity contribution in [3.05, 3.63) is 32.8 Å². The molecule has 0 radical (unpaired) electrons. The van der Waals surface area contributed by atoms with E-state index in [2.05, 4.69) is 42.8 Å². The Balaban J connectivity index is 3.37. The number of alkyl halides is 1. The lowest BCUT2D eigenvalue weighted by Gasteiger charge is -2.22. The van der Waals surface area contributed by atoms with Gasteiger partial charge in [-0.05, 0) is 28.7 Å². The molecule has 0 nitrogen and oxygen atoms in total. The second-order valence-electron chi connectivity index (χ2n) is 4.31. The van der Waals surface area contributed by atoms with Gasteiger partial charge in [0.2, 0.25) is 0 Å². The monoisotopic (exact) mass is 294 g/mol. The van der Waals surface area contributed by atoms with E-state index < -0.39 is 0 Å². The molecular formula is C11H13BrCl2. The van der Waals surface area contributed by atoms with E-state index in [1.807, 2.05) is 6.07 Å². The van der Waals surface area contributed by atoms with Crippen LogP contribution in [0, 0.1) is 0 Å². The lowest BCUT2D eigenvalue weighted by atomic mass is 9.86. The Labute approximate surface area is 104 Å². The molecular weight excluding hydrogens is 283 g/mol. The highest BCUT2D eigenvalue weighted by Gasteiger charge is 2.19. The van der Waals surface area contributed by atoms with E-state index in [1.165, 1.54) is 0 Å². The van der Waals surface area contributed by atoms with Gasteiger partial charge in [-0.25, -0.2) is 0 Å². The Kier molecular flexibility index (Phi) is 3.90. The first-order chi connectivity index (χ1) is 6.36. The van der Waals surface area contributed by atoms with Crippen LogP contribution in [0.15, 0.2) is 16.6 Å². The van der Waals surface area contributed by atoms with Crippen molar-refractivity contribution in [3.8, 4) is 0 Å². The summed E-state index contributed by atoms with van der Waals surface area (Å²) < 4.78 is 1.03. The molecule has 0 atom stereocenters. The topological polar surface area (TPSA) is 0 Å². The van der Waals surface area contributed by atoms with Gasteiger partial charge in [0.1, 0.15) is 0 Å². The third-order valence-electron chi connectivity index (χ3n) is 2.06. The zero-order valence-corrected chi connectivity index (χ0v) is 11.6. The summed E-state index contributed by atoms with van der Waals surface area (Å²) in [7, 11) is 0. The number of benzene rings is 1. The molecule has 78 valence electrons. The van der Waals surface area contributed by atoms with Crippen LogP contribution in [0.2, 0.25) is 5.02 Å². The second kappa shape index (κ2) is 4.42. The molecule has 1 rings (SSSR count). The van der Waals surface area contributed by atoms with Crippen LogP contribution < -0.4 is 0 Å². The summed E-state index contributed by atoms with van der Waals surface area (Å²) in [5.74, 6) is 0.446. The minimum absolute atomic E-state index is 0.0433. The first-order valence-electron chi connectivity index (χ1n) is 4.40. The molecule has 0 bridgehead atoms. The molecule has 1 aromatic rings. The quantitative estimate of drug-likeness (QED) is 0.629. The van der Waals surface area contributed by atoms with Crippen molar-refractivity contribution in [1.82, 2.24) is 0 Å². The van der Waals surface area contributed by atoms with Gasteiger partial charge >= 0.3 is 0 Å². The van der Waals surface area contributed by atoms with Gasteiger partial charge in [-0.15, -0.1) is 11.6 Å². The minimum Gasteiger partial charge on any atom is -0.121 e. The zero-order chi connectivity index (χ0) is 10.9. The van der Waals surface area contributed by atoms with Gasteiger partial charge < -0.3 is 0 Å². The lowest BCUT2D eigenvalue weighted by Crippen LogP contribution is -2.12. The van der Waals surface area contributed by atoms with Gasteiger partial charge in [0.15, 0.2) is 0 Å². The van der Waals surface area contributed by atoms with Crippen LogP contribution in [-0.2, 0) is 11.3 Å². The maximum Gasteiger partial charge on any atom is 0.0489 e. The van der Waals surface area contributed by atoms with Crippen LogP contribution in [0.5, 0.6) is 0 Å². The van der Waals surface area contributed by atoms with Crippen molar-refractivity contribution < 1.29 is 0 Å². The Morgan fingerprint density at radius 1 is 1.29 bits per heavy atom. The van der Waals surface area contributed by atoms with E-state index in [0.717, 1.165) is 20.6 Å². The molecule has 0 saturated carbocycles. The molecule has 0 aliphatic carbocycles. The number of hydrogen-bond donors (Lipinski definition) is 0. The molecule has 14 heavy (non-hydrogen) atoms. The van der Waals surface area contributed by atoms with Gasteiger partial charge in [-0.3, -0.25) is 0 Å². The number of rotatable bonds is 1. The molecule has 0 aromatic heterocycles. The molecule has 0 spiro atoms. The SMILES string of the molecule is CC(C)(C)c1cc(Br)cc(CCl)c1Cl. The van der Waals surface area contributed by atoms with Crippen LogP contribution in [-0.4, -0.2) is 0 Å². The van der Waals surface area contributed by atoms with E-state index in [9.17, 15) is 0 Å². The predicted molar refractivity (Wildman–Crippen MR) is 67.4 cm³/mol. The summed E-state index contributed by atoms with van der Waals surface area (Å²) in [6, 6.07) is 4.02. The summed E-state index contributed by atoms with van der Waals surface area (Å²) >= 11 is 15.5. The molecule has 0 fully saturated rings. The Morgan fingerprint density at radius 2 is 1.86 bits per heavy atom. The van der Waals surface area contributed by atoms with Crippen LogP contribution in [0.3, 0.4) is 0 Å². The van der Waals surface area contributed by atoms with Gasteiger partial charge in [-0.1, -0.05) is 48.3 Å². The fraction of sp³-hybridized carbons (Fsp3) is 0.455. The minimum atomic E-state index is 0.0433. The summed E-state index contributed by atoms with van der Waals surface area (Å²) in [6.07, 6.45) is 0. The first-order valence-corrected chi connectivity index (χ1v) is 6.11. The summed E-state index contributed by atoms with van der Waals surface area (Å²) in [5, 5.41) is 0.788.